The van der Waals surface area contributed by atoms with Crippen molar-refractivity contribution in [2.45, 2.75) is 6.42 Å². The van der Waals surface area contributed by atoms with E-state index in [1.54, 1.807) is 0 Å². The zero-order valence-corrected chi connectivity index (χ0v) is 21.7. The normalized spacial score (nSPS) is 17.5. The van der Waals surface area contributed by atoms with Crippen LogP contribution in [0.5, 0.6) is 0 Å². The van der Waals surface area contributed by atoms with Gasteiger partial charge in [-0.15, -0.1) is 0 Å². The van der Waals surface area contributed by atoms with Gasteiger partial charge in [-0.05, 0) is 46.7 Å². The molecule has 2 aliphatic rings. The van der Waals surface area contributed by atoms with Gasteiger partial charge in [-0.2, -0.15) is 4.99 Å². The molecular weight excluding hydrogens is 504 g/mol. The van der Waals surface area contributed by atoms with E-state index in [0.717, 1.165) is 22.3 Å². The number of nitrogens with zero attached hydrogens (tertiary/aromatic N) is 2. The summed E-state index contributed by atoms with van der Waals surface area (Å²) in [4.78, 5) is 33.5. The van der Waals surface area contributed by atoms with Crippen molar-refractivity contribution in [3.05, 3.63) is 118 Å². The number of hydrogen-bond acceptors (Lipinski definition) is 5. The minimum absolute atomic E-state index is 0.00475. The number of amides is 1. The summed E-state index contributed by atoms with van der Waals surface area (Å²) in [6.07, 6.45) is 2.13. The fraction of sp³-hybridized carbons (Fsp3) is 0.167. The highest BCUT2D eigenvalue weighted by atomic mass is 35.5. The molecule has 1 saturated heterocycles. The lowest BCUT2D eigenvalue weighted by molar-refractivity contribution is -0.113. The summed E-state index contributed by atoms with van der Waals surface area (Å²) in [6.45, 7) is 2.62. The minimum atomic E-state index is -0.272. The summed E-state index contributed by atoms with van der Waals surface area (Å²) in [5.74, 6) is -0.277. The molecule has 7 heteroatoms. The second-order valence-electron chi connectivity index (χ2n) is 8.65. The summed E-state index contributed by atoms with van der Waals surface area (Å²) in [6, 6.07) is 26.4. The quantitative estimate of drug-likeness (QED) is 0.275. The van der Waals surface area contributed by atoms with E-state index in [1.807, 2.05) is 91.0 Å². The third-order valence-electron chi connectivity index (χ3n) is 6.18. The number of halogens is 1. The Balaban J connectivity index is 1.59. The molecule has 2 heterocycles. The molecule has 1 fully saturated rings. The number of ketones is 1. The maximum Gasteiger partial charge on any atom is 0.286 e. The topological polar surface area (TPSA) is 59.0 Å². The number of aliphatic imine (C=N–C) groups is 1. The molecule has 186 valence electrons. The van der Waals surface area contributed by atoms with Gasteiger partial charge in [0.1, 0.15) is 0 Å². The van der Waals surface area contributed by atoms with Crippen LogP contribution in [0.4, 0.5) is 0 Å². The van der Waals surface area contributed by atoms with Gasteiger partial charge in [0.2, 0.25) is 0 Å². The molecule has 0 radical (unpaired) electrons. The number of rotatable bonds is 6. The van der Waals surface area contributed by atoms with Gasteiger partial charge in [0.15, 0.2) is 11.0 Å². The smallest absolute Gasteiger partial charge is 0.286 e. The summed E-state index contributed by atoms with van der Waals surface area (Å²) >= 11 is 7.54. The number of carbonyl (C=O) groups is 2. The lowest BCUT2D eigenvalue weighted by atomic mass is 9.93. The minimum Gasteiger partial charge on any atom is -0.378 e. The van der Waals surface area contributed by atoms with Crippen LogP contribution in [0.2, 0.25) is 5.02 Å². The summed E-state index contributed by atoms with van der Waals surface area (Å²) in [5, 5.41) is 1.31. The van der Waals surface area contributed by atoms with E-state index in [0.29, 0.717) is 47.0 Å². The highest BCUT2D eigenvalue weighted by Crippen LogP contribution is 2.38. The van der Waals surface area contributed by atoms with Crippen LogP contribution in [-0.2, 0) is 9.53 Å². The first-order valence-electron chi connectivity index (χ1n) is 12.1. The number of thioether (sulfide) groups is 1. The maximum atomic E-state index is 13.3. The number of Topliss-reactive ketones (excluding diaryl/α,β-unsaturated/α-hetero) is 1. The van der Waals surface area contributed by atoms with Gasteiger partial charge >= 0.3 is 0 Å². The first-order chi connectivity index (χ1) is 18.1. The number of carbonyl (C=O) groups excluding carboxylic acids is 2. The van der Waals surface area contributed by atoms with Crippen LogP contribution in [0.1, 0.15) is 27.9 Å². The van der Waals surface area contributed by atoms with Gasteiger partial charge in [0.25, 0.3) is 5.91 Å². The highest BCUT2D eigenvalue weighted by molar-refractivity contribution is 8.18. The first-order valence-corrected chi connectivity index (χ1v) is 13.3. The molecule has 5 rings (SSSR count). The van der Waals surface area contributed by atoms with Crippen LogP contribution >= 0.6 is 23.4 Å². The molecule has 0 aliphatic carbocycles. The maximum absolute atomic E-state index is 13.3. The Morgan fingerprint density at radius 3 is 2.16 bits per heavy atom. The fourth-order valence-corrected chi connectivity index (χ4v) is 5.40. The lowest BCUT2D eigenvalue weighted by Crippen LogP contribution is -2.38. The van der Waals surface area contributed by atoms with Crippen molar-refractivity contribution in [1.29, 1.82) is 0 Å². The molecule has 5 nitrogen and oxygen atoms in total. The molecule has 0 saturated carbocycles. The van der Waals surface area contributed by atoms with E-state index in [1.165, 1.54) is 11.8 Å². The Bertz CT molecular complexity index is 1380. The third-order valence-corrected chi connectivity index (χ3v) is 7.56. The molecule has 0 N–H and O–H groups in total. The standard InChI is InChI=1S/C30H25ClN2O3S/c31-25-13-11-21(12-14-25)24(20-27(34)23-9-5-2-6-10-23)19-26(22-7-3-1-4-8-22)28-29(35)32-30(37-28)33-15-17-36-18-16-33/h1-14,19H,15-18,20H2/b24-19+,28-26-. The second kappa shape index (κ2) is 11.7. The number of allylic oxidation sites excluding steroid dienone is 3. The summed E-state index contributed by atoms with van der Waals surface area (Å²) in [7, 11) is 0. The van der Waals surface area contributed by atoms with Crippen molar-refractivity contribution in [3.63, 3.8) is 0 Å². The predicted octanol–water partition coefficient (Wildman–Crippen LogP) is 6.37. The number of ether oxygens (including phenoxy) is 1. The predicted molar refractivity (Wildman–Crippen MR) is 151 cm³/mol. The average molecular weight is 529 g/mol. The van der Waals surface area contributed by atoms with Crippen LogP contribution in [0.25, 0.3) is 11.1 Å². The first kappa shape index (κ1) is 25.2. The molecule has 0 aromatic heterocycles. The van der Waals surface area contributed by atoms with Crippen molar-refractivity contribution >= 4 is 51.4 Å². The number of morpholine rings is 1. The Labute approximate surface area is 225 Å². The average Bonchev–Trinajstić information content (AvgIpc) is 3.34. The second-order valence-corrected chi connectivity index (χ2v) is 10.1. The molecule has 0 bridgehead atoms. The van der Waals surface area contributed by atoms with Crippen LogP contribution in [0.3, 0.4) is 0 Å². The molecule has 1 amide bonds. The molecule has 2 aliphatic heterocycles. The van der Waals surface area contributed by atoms with Crippen LogP contribution in [-0.4, -0.2) is 48.1 Å². The zero-order valence-electron chi connectivity index (χ0n) is 20.1. The van der Waals surface area contributed by atoms with Gasteiger partial charge in [-0.3, -0.25) is 9.59 Å². The Morgan fingerprint density at radius 2 is 1.51 bits per heavy atom. The van der Waals surface area contributed by atoms with Crippen LogP contribution in [0.15, 0.2) is 101 Å². The van der Waals surface area contributed by atoms with E-state index >= 15 is 0 Å². The van der Waals surface area contributed by atoms with Gasteiger partial charge in [0.05, 0.1) is 18.1 Å². The largest absolute Gasteiger partial charge is 0.378 e. The van der Waals surface area contributed by atoms with Crippen molar-refractivity contribution in [2.24, 2.45) is 4.99 Å². The van der Waals surface area contributed by atoms with Crippen molar-refractivity contribution in [3.8, 4) is 0 Å². The number of benzene rings is 3. The summed E-state index contributed by atoms with van der Waals surface area (Å²) < 4.78 is 5.46. The Kier molecular flexibility index (Phi) is 7.99. The monoisotopic (exact) mass is 528 g/mol. The zero-order chi connectivity index (χ0) is 25.6. The molecular formula is C30H25ClN2O3S. The molecule has 3 aromatic carbocycles. The highest BCUT2D eigenvalue weighted by Gasteiger charge is 2.30. The van der Waals surface area contributed by atoms with Gasteiger partial charge in [0, 0.05) is 35.7 Å². The third kappa shape index (κ3) is 6.10. The van der Waals surface area contributed by atoms with Gasteiger partial charge < -0.3 is 9.64 Å². The van der Waals surface area contributed by atoms with Crippen LogP contribution < -0.4 is 0 Å². The van der Waals surface area contributed by atoms with E-state index < -0.39 is 0 Å². The Hall–Kier alpha value is -3.45. The molecule has 0 unspecified atom stereocenters. The number of amidine groups is 1. The van der Waals surface area contributed by atoms with E-state index in [4.69, 9.17) is 16.3 Å². The van der Waals surface area contributed by atoms with Gasteiger partial charge in [-0.25, -0.2) is 0 Å². The summed E-state index contributed by atoms with van der Waals surface area (Å²) in [5.41, 5.74) is 3.93. The number of hydrogen-bond donors (Lipinski definition) is 0. The van der Waals surface area contributed by atoms with Crippen molar-refractivity contribution in [2.75, 3.05) is 26.3 Å². The molecule has 37 heavy (non-hydrogen) atoms. The Morgan fingerprint density at radius 1 is 0.892 bits per heavy atom. The molecule has 3 aromatic rings. The van der Waals surface area contributed by atoms with Crippen molar-refractivity contribution < 1.29 is 14.3 Å². The SMILES string of the molecule is O=C1N=C(N2CCOCC2)S/C1=C(/C=C(\CC(=O)c1ccccc1)c1ccc(Cl)cc1)c1ccccc1. The molecule has 0 spiro atoms. The van der Waals surface area contributed by atoms with E-state index in [2.05, 4.69) is 9.89 Å². The fourth-order valence-electron chi connectivity index (χ4n) is 4.23. The van der Waals surface area contributed by atoms with Crippen LogP contribution in [0, 0.1) is 0 Å². The van der Waals surface area contributed by atoms with E-state index in [-0.39, 0.29) is 18.1 Å². The molecule has 0 atom stereocenters. The van der Waals surface area contributed by atoms with Gasteiger partial charge in [-0.1, -0.05) is 84.4 Å². The lowest BCUT2D eigenvalue weighted by Gasteiger charge is -2.27. The van der Waals surface area contributed by atoms with Crippen molar-refractivity contribution in [1.82, 2.24) is 4.90 Å². The van der Waals surface area contributed by atoms with E-state index in [9.17, 15) is 9.59 Å².